The lowest BCUT2D eigenvalue weighted by atomic mass is 10.1. The molecule has 4 nitrogen and oxygen atoms in total. The Labute approximate surface area is 123 Å². The third-order valence-electron chi connectivity index (χ3n) is 2.38. The molecule has 1 heterocycles. The zero-order valence-corrected chi connectivity index (χ0v) is 11.6. The molecule has 1 aromatic carbocycles. The highest BCUT2D eigenvalue weighted by molar-refractivity contribution is 6.42. The number of anilines is 1. The van der Waals surface area contributed by atoms with Gasteiger partial charge in [0, 0.05) is 10.6 Å². The third-order valence-corrected chi connectivity index (χ3v) is 3.20. The number of hydrogen-bond acceptors (Lipinski definition) is 3. The summed E-state index contributed by atoms with van der Waals surface area (Å²) >= 11 is 17.9. The number of aromatic nitrogens is 1. The molecule has 0 amide bonds. The number of nitrogens with two attached hydrogens (primary N) is 1. The highest BCUT2D eigenvalue weighted by Gasteiger charge is 2.19. The van der Waals surface area contributed by atoms with Gasteiger partial charge in [-0.15, -0.1) is 0 Å². The van der Waals surface area contributed by atoms with Crippen LogP contribution in [0.5, 0.6) is 0 Å². The minimum absolute atomic E-state index is 0.0777. The number of aromatic carboxylic acids is 1. The van der Waals surface area contributed by atoms with E-state index in [0.29, 0.717) is 10.6 Å². The second kappa shape index (κ2) is 5.25. The van der Waals surface area contributed by atoms with E-state index in [-0.39, 0.29) is 27.0 Å². The molecule has 0 fully saturated rings. The number of carboxylic acid groups (broad SMARTS) is 1. The molecule has 7 heteroatoms. The number of benzene rings is 1. The fourth-order valence-electron chi connectivity index (χ4n) is 1.61. The van der Waals surface area contributed by atoms with Gasteiger partial charge in [-0.2, -0.15) is 0 Å². The molecule has 2 aromatic rings. The van der Waals surface area contributed by atoms with Crippen LogP contribution in [-0.2, 0) is 0 Å². The Morgan fingerprint density at radius 2 is 1.74 bits per heavy atom. The fraction of sp³-hybridized carbons (Fsp3) is 0. The maximum Gasteiger partial charge on any atom is 0.337 e. The SMILES string of the molecule is Nc1cnc(-c2c(Cl)cc(Cl)cc2Cl)c(C(=O)O)c1. The van der Waals surface area contributed by atoms with Crippen molar-refractivity contribution in [2.24, 2.45) is 0 Å². The van der Waals surface area contributed by atoms with Crippen molar-refractivity contribution in [1.82, 2.24) is 4.98 Å². The molecule has 3 N–H and O–H groups in total. The van der Waals surface area contributed by atoms with E-state index in [9.17, 15) is 9.90 Å². The average Bonchev–Trinajstić information content (AvgIpc) is 2.29. The zero-order chi connectivity index (χ0) is 14.2. The van der Waals surface area contributed by atoms with Crippen LogP contribution in [0, 0.1) is 0 Å². The molecular formula is C12H7Cl3N2O2. The number of pyridine rings is 1. The molecule has 0 saturated heterocycles. The van der Waals surface area contributed by atoms with E-state index in [0.717, 1.165) is 0 Å². The standard InChI is InChI=1S/C12H7Cl3N2O2/c13-5-1-8(14)10(9(15)2-5)11-7(12(18)19)3-6(16)4-17-11/h1-4H,16H2,(H,18,19). The van der Waals surface area contributed by atoms with Gasteiger partial charge in [-0.05, 0) is 18.2 Å². The molecule has 0 spiro atoms. The molecule has 0 aliphatic carbocycles. The lowest BCUT2D eigenvalue weighted by Gasteiger charge is -2.10. The topological polar surface area (TPSA) is 76.2 Å². The first-order valence-electron chi connectivity index (χ1n) is 5.04. The van der Waals surface area contributed by atoms with Gasteiger partial charge in [-0.1, -0.05) is 34.8 Å². The predicted octanol–water partition coefficient (Wildman–Crippen LogP) is 3.99. The molecule has 0 aliphatic rings. The van der Waals surface area contributed by atoms with Gasteiger partial charge in [0.2, 0.25) is 0 Å². The lowest BCUT2D eigenvalue weighted by molar-refractivity contribution is 0.0697. The van der Waals surface area contributed by atoms with Crippen molar-refractivity contribution >= 4 is 46.5 Å². The van der Waals surface area contributed by atoms with Crippen molar-refractivity contribution < 1.29 is 9.90 Å². The Bertz CT molecular complexity index is 651. The minimum Gasteiger partial charge on any atom is -0.478 e. The van der Waals surface area contributed by atoms with Crippen LogP contribution in [0.15, 0.2) is 24.4 Å². The number of halogens is 3. The summed E-state index contributed by atoms with van der Waals surface area (Å²) in [6, 6.07) is 4.23. The van der Waals surface area contributed by atoms with E-state index >= 15 is 0 Å². The van der Waals surface area contributed by atoms with Gasteiger partial charge in [-0.3, -0.25) is 4.98 Å². The molecule has 1 aromatic heterocycles. The van der Waals surface area contributed by atoms with Crippen molar-refractivity contribution in [2.75, 3.05) is 5.73 Å². The molecule has 2 rings (SSSR count). The van der Waals surface area contributed by atoms with Gasteiger partial charge in [0.15, 0.2) is 0 Å². The van der Waals surface area contributed by atoms with E-state index in [2.05, 4.69) is 4.98 Å². The zero-order valence-electron chi connectivity index (χ0n) is 9.32. The fourth-order valence-corrected chi connectivity index (χ4v) is 2.61. The maximum absolute atomic E-state index is 11.2. The summed E-state index contributed by atoms with van der Waals surface area (Å²) in [5, 5.41) is 9.97. The summed E-state index contributed by atoms with van der Waals surface area (Å²) in [5.74, 6) is -1.17. The summed E-state index contributed by atoms with van der Waals surface area (Å²) in [4.78, 5) is 15.2. The largest absolute Gasteiger partial charge is 0.478 e. The molecule has 19 heavy (non-hydrogen) atoms. The number of nitrogens with zero attached hydrogens (tertiary/aromatic N) is 1. The summed E-state index contributed by atoms with van der Waals surface area (Å²) < 4.78 is 0. The smallest absolute Gasteiger partial charge is 0.337 e. The Balaban J connectivity index is 2.76. The number of carbonyl (C=O) groups is 1. The molecule has 0 radical (unpaired) electrons. The Hall–Kier alpha value is -1.49. The van der Waals surface area contributed by atoms with E-state index in [1.165, 1.54) is 24.4 Å². The summed E-state index contributed by atoms with van der Waals surface area (Å²) in [5.41, 5.74) is 6.15. The number of rotatable bonds is 2. The Kier molecular flexibility index (Phi) is 3.85. The van der Waals surface area contributed by atoms with E-state index in [1.54, 1.807) is 0 Å². The third kappa shape index (κ3) is 2.76. The highest BCUT2D eigenvalue weighted by atomic mass is 35.5. The van der Waals surface area contributed by atoms with Gasteiger partial charge in [0.1, 0.15) is 0 Å². The molecule has 98 valence electrons. The van der Waals surface area contributed by atoms with Crippen molar-refractivity contribution in [1.29, 1.82) is 0 Å². The Morgan fingerprint density at radius 3 is 2.26 bits per heavy atom. The van der Waals surface area contributed by atoms with Gasteiger partial charge in [0.05, 0.1) is 33.2 Å². The highest BCUT2D eigenvalue weighted by Crippen LogP contribution is 2.38. The van der Waals surface area contributed by atoms with Crippen LogP contribution in [0.2, 0.25) is 15.1 Å². The second-order valence-electron chi connectivity index (χ2n) is 3.71. The maximum atomic E-state index is 11.2. The van der Waals surface area contributed by atoms with Crippen molar-refractivity contribution in [3.63, 3.8) is 0 Å². The molecule has 0 unspecified atom stereocenters. The van der Waals surface area contributed by atoms with Gasteiger partial charge >= 0.3 is 5.97 Å². The van der Waals surface area contributed by atoms with E-state index in [4.69, 9.17) is 40.5 Å². The predicted molar refractivity (Wildman–Crippen MR) is 76.1 cm³/mol. The monoisotopic (exact) mass is 316 g/mol. The molecule has 0 saturated carbocycles. The summed E-state index contributed by atoms with van der Waals surface area (Å²) in [6.45, 7) is 0. The molecular weight excluding hydrogens is 311 g/mol. The van der Waals surface area contributed by atoms with Crippen molar-refractivity contribution in [2.45, 2.75) is 0 Å². The second-order valence-corrected chi connectivity index (χ2v) is 4.97. The quantitative estimate of drug-likeness (QED) is 0.878. The number of nitrogen functional groups attached to an aromatic ring is 1. The number of hydrogen-bond donors (Lipinski definition) is 2. The van der Waals surface area contributed by atoms with E-state index < -0.39 is 5.97 Å². The normalized spacial score (nSPS) is 10.5. The molecule has 0 aliphatic heterocycles. The van der Waals surface area contributed by atoms with Crippen LogP contribution >= 0.6 is 34.8 Å². The Morgan fingerprint density at radius 1 is 1.16 bits per heavy atom. The first-order valence-corrected chi connectivity index (χ1v) is 6.17. The van der Waals surface area contributed by atoms with Gasteiger partial charge in [-0.25, -0.2) is 4.79 Å². The first kappa shape index (κ1) is 13.9. The average molecular weight is 318 g/mol. The lowest BCUT2D eigenvalue weighted by Crippen LogP contribution is -2.04. The summed E-state index contributed by atoms with van der Waals surface area (Å²) in [6.07, 6.45) is 1.34. The van der Waals surface area contributed by atoms with Gasteiger partial charge < -0.3 is 10.8 Å². The first-order chi connectivity index (χ1) is 8.90. The molecule has 0 atom stereocenters. The van der Waals surface area contributed by atoms with Crippen LogP contribution in [0.25, 0.3) is 11.3 Å². The van der Waals surface area contributed by atoms with Crippen molar-refractivity contribution in [3.05, 3.63) is 45.0 Å². The van der Waals surface area contributed by atoms with Crippen LogP contribution in [-0.4, -0.2) is 16.1 Å². The summed E-state index contributed by atoms with van der Waals surface area (Å²) in [7, 11) is 0. The van der Waals surface area contributed by atoms with Crippen LogP contribution in [0.3, 0.4) is 0 Å². The molecule has 0 bridgehead atoms. The van der Waals surface area contributed by atoms with Crippen molar-refractivity contribution in [3.8, 4) is 11.3 Å². The van der Waals surface area contributed by atoms with Crippen LogP contribution < -0.4 is 5.73 Å². The number of carboxylic acids is 1. The minimum atomic E-state index is -1.17. The van der Waals surface area contributed by atoms with Gasteiger partial charge in [0.25, 0.3) is 0 Å². The van der Waals surface area contributed by atoms with Crippen LogP contribution in [0.1, 0.15) is 10.4 Å². The van der Waals surface area contributed by atoms with Crippen LogP contribution in [0.4, 0.5) is 5.69 Å². The van der Waals surface area contributed by atoms with E-state index in [1.807, 2.05) is 0 Å².